The van der Waals surface area contributed by atoms with Crippen LogP contribution in [0.5, 0.6) is 11.5 Å². The Labute approximate surface area is 188 Å². The quantitative estimate of drug-likeness (QED) is 0.460. The minimum absolute atomic E-state index is 0.199. The van der Waals surface area contributed by atoms with Crippen LogP contribution < -0.4 is 20.5 Å². The first-order chi connectivity index (χ1) is 15.4. The molecule has 1 aromatic heterocycles. The van der Waals surface area contributed by atoms with Gasteiger partial charge in [0.05, 0.1) is 30.7 Å². The molecule has 0 saturated carbocycles. The monoisotopic (exact) mass is 437 g/mol. The van der Waals surface area contributed by atoms with Crippen LogP contribution in [0.15, 0.2) is 42.5 Å². The summed E-state index contributed by atoms with van der Waals surface area (Å²) in [5.41, 5.74) is 9.87. The van der Waals surface area contributed by atoms with Gasteiger partial charge >= 0.3 is 0 Å². The molecule has 1 heterocycles. The van der Waals surface area contributed by atoms with E-state index in [4.69, 9.17) is 19.9 Å². The Balaban J connectivity index is 1.64. The summed E-state index contributed by atoms with van der Waals surface area (Å²) in [4.78, 5) is 17.2. The molecule has 2 aromatic carbocycles. The molecule has 0 aliphatic heterocycles. The van der Waals surface area contributed by atoms with E-state index in [9.17, 15) is 4.79 Å². The second kappa shape index (κ2) is 10.8. The number of anilines is 1. The third kappa shape index (κ3) is 5.68. The summed E-state index contributed by atoms with van der Waals surface area (Å²) in [6.45, 7) is 7.27. The van der Waals surface area contributed by atoms with Crippen LogP contribution in [0.4, 0.5) is 5.69 Å². The highest BCUT2D eigenvalue weighted by molar-refractivity contribution is 5.96. The fourth-order valence-electron chi connectivity index (χ4n) is 3.44. The number of fused-ring (bicyclic) bond motifs is 1. The molecule has 170 valence electrons. The molecule has 1 unspecified atom stereocenters. The number of aryl methyl sites for hydroxylation is 1. The molecule has 0 saturated heterocycles. The van der Waals surface area contributed by atoms with Crippen LogP contribution in [0.25, 0.3) is 10.9 Å². The van der Waals surface area contributed by atoms with Crippen molar-refractivity contribution in [1.82, 2.24) is 10.3 Å². The zero-order valence-corrected chi connectivity index (χ0v) is 19.1. The Bertz CT molecular complexity index is 1080. The number of ether oxygens (including phenoxy) is 3. The molecular formula is C25H31N3O4. The molecule has 0 aliphatic carbocycles. The highest BCUT2D eigenvalue weighted by Crippen LogP contribution is 2.30. The second-order valence-corrected chi connectivity index (χ2v) is 7.77. The number of hydrogen-bond acceptors (Lipinski definition) is 6. The molecule has 3 rings (SSSR count). The molecule has 1 atom stereocenters. The lowest BCUT2D eigenvalue weighted by Crippen LogP contribution is -2.36. The van der Waals surface area contributed by atoms with E-state index >= 15 is 0 Å². The van der Waals surface area contributed by atoms with Crippen molar-refractivity contribution in [3.8, 4) is 11.5 Å². The number of pyridine rings is 1. The molecule has 0 spiro atoms. The van der Waals surface area contributed by atoms with E-state index < -0.39 is 0 Å². The number of methoxy groups -OCH3 is 1. The van der Waals surface area contributed by atoms with Gasteiger partial charge in [0, 0.05) is 29.1 Å². The zero-order valence-electron chi connectivity index (χ0n) is 19.1. The van der Waals surface area contributed by atoms with Crippen molar-refractivity contribution in [3.05, 3.63) is 59.3 Å². The van der Waals surface area contributed by atoms with Crippen molar-refractivity contribution in [2.24, 2.45) is 0 Å². The Morgan fingerprint density at radius 1 is 1.19 bits per heavy atom. The summed E-state index contributed by atoms with van der Waals surface area (Å²) in [6.07, 6.45) is 0.949. The van der Waals surface area contributed by atoms with Crippen molar-refractivity contribution >= 4 is 22.5 Å². The number of amides is 1. The average Bonchev–Trinajstić information content (AvgIpc) is 2.77. The minimum atomic E-state index is -0.226. The van der Waals surface area contributed by atoms with E-state index in [-0.39, 0.29) is 18.6 Å². The molecule has 32 heavy (non-hydrogen) atoms. The van der Waals surface area contributed by atoms with Gasteiger partial charge in [-0.05, 0) is 50.6 Å². The standard InChI is InChI=1S/C25H31N3O4/c1-5-11-31-15-19-10-9-18(13-23(19)30-4)25(29)28-17(3)14-32-22-8-6-7-21-24(22)20(26)12-16(2)27-21/h6-10,12-13,17H,5,11,14-15H2,1-4H3,(H2,26,27)(H,28,29). The first-order valence-electron chi connectivity index (χ1n) is 10.8. The highest BCUT2D eigenvalue weighted by Gasteiger charge is 2.15. The van der Waals surface area contributed by atoms with Crippen LogP contribution in [0.3, 0.4) is 0 Å². The first kappa shape index (κ1) is 23.3. The molecule has 3 N–H and O–H groups in total. The lowest BCUT2D eigenvalue weighted by atomic mass is 10.1. The average molecular weight is 438 g/mol. The van der Waals surface area contributed by atoms with Gasteiger partial charge in [0.15, 0.2) is 0 Å². The van der Waals surface area contributed by atoms with Crippen LogP contribution in [0.1, 0.15) is 41.9 Å². The molecule has 0 aliphatic rings. The Morgan fingerprint density at radius 2 is 2.00 bits per heavy atom. The molecular weight excluding hydrogens is 406 g/mol. The number of nitrogens with zero attached hydrogens (tertiary/aromatic N) is 1. The van der Waals surface area contributed by atoms with Crippen molar-refractivity contribution in [1.29, 1.82) is 0 Å². The minimum Gasteiger partial charge on any atom is -0.496 e. The van der Waals surface area contributed by atoms with Crippen molar-refractivity contribution < 1.29 is 19.0 Å². The van der Waals surface area contributed by atoms with Gasteiger partial charge < -0.3 is 25.3 Å². The predicted octanol–water partition coefficient (Wildman–Crippen LogP) is 4.26. The van der Waals surface area contributed by atoms with Gasteiger partial charge in [-0.1, -0.05) is 19.1 Å². The maximum Gasteiger partial charge on any atom is 0.251 e. The normalized spacial score (nSPS) is 11.9. The molecule has 0 radical (unpaired) electrons. The van der Waals surface area contributed by atoms with Crippen molar-refractivity contribution in [2.75, 3.05) is 26.1 Å². The van der Waals surface area contributed by atoms with E-state index in [2.05, 4.69) is 17.2 Å². The Kier molecular flexibility index (Phi) is 7.89. The van der Waals surface area contributed by atoms with Crippen LogP contribution in [0, 0.1) is 6.92 Å². The summed E-state index contributed by atoms with van der Waals surface area (Å²) in [7, 11) is 1.59. The van der Waals surface area contributed by atoms with E-state index in [1.807, 2.05) is 44.2 Å². The van der Waals surface area contributed by atoms with Gasteiger partial charge in [-0.25, -0.2) is 0 Å². The lowest BCUT2D eigenvalue weighted by Gasteiger charge is -2.17. The molecule has 1 amide bonds. The number of hydrogen-bond donors (Lipinski definition) is 2. The smallest absolute Gasteiger partial charge is 0.251 e. The third-order valence-electron chi connectivity index (χ3n) is 4.98. The lowest BCUT2D eigenvalue weighted by molar-refractivity contribution is 0.0926. The molecule has 7 heteroatoms. The van der Waals surface area contributed by atoms with E-state index in [0.29, 0.717) is 36.0 Å². The maximum absolute atomic E-state index is 12.7. The number of carbonyl (C=O) groups excluding carboxylic acids is 1. The summed E-state index contributed by atoms with van der Waals surface area (Å²) < 4.78 is 17.0. The number of benzene rings is 2. The number of nitrogens with two attached hydrogens (primary N) is 1. The fraction of sp³-hybridized carbons (Fsp3) is 0.360. The first-order valence-corrected chi connectivity index (χ1v) is 10.8. The van der Waals surface area contributed by atoms with E-state index in [1.54, 1.807) is 19.2 Å². The molecule has 0 bridgehead atoms. The van der Waals surface area contributed by atoms with E-state index in [0.717, 1.165) is 28.6 Å². The van der Waals surface area contributed by atoms with E-state index in [1.165, 1.54) is 0 Å². The summed E-state index contributed by atoms with van der Waals surface area (Å²) in [5.74, 6) is 1.08. The van der Waals surface area contributed by atoms with Gasteiger partial charge in [-0.2, -0.15) is 0 Å². The van der Waals surface area contributed by atoms with Gasteiger partial charge in [0.25, 0.3) is 5.91 Å². The van der Waals surface area contributed by atoms with Crippen LogP contribution in [-0.4, -0.2) is 37.3 Å². The summed E-state index contributed by atoms with van der Waals surface area (Å²) in [6, 6.07) is 12.6. The topological polar surface area (TPSA) is 95.7 Å². The van der Waals surface area contributed by atoms with Gasteiger partial charge in [-0.15, -0.1) is 0 Å². The Morgan fingerprint density at radius 3 is 2.75 bits per heavy atom. The van der Waals surface area contributed by atoms with Crippen molar-refractivity contribution in [2.45, 2.75) is 39.8 Å². The molecule has 3 aromatic rings. The van der Waals surface area contributed by atoms with Crippen LogP contribution in [-0.2, 0) is 11.3 Å². The number of carbonyl (C=O) groups is 1. The molecule has 7 nitrogen and oxygen atoms in total. The number of rotatable bonds is 10. The van der Waals surface area contributed by atoms with Crippen LogP contribution >= 0.6 is 0 Å². The largest absolute Gasteiger partial charge is 0.496 e. The second-order valence-electron chi connectivity index (χ2n) is 7.77. The molecule has 0 fully saturated rings. The summed E-state index contributed by atoms with van der Waals surface area (Å²) >= 11 is 0. The predicted molar refractivity (Wildman–Crippen MR) is 126 cm³/mol. The fourth-order valence-corrected chi connectivity index (χ4v) is 3.44. The zero-order chi connectivity index (χ0) is 23.1. The van der Waals surface area contributed by atoms with Crippen molar-refractivity contribution in [3.63, 3.8) is 0 Å². The maximum atomic E-state index is 12.7. The third-order valence-corrected chi connectivity index (χ3v) is 4.98. The van der Waals surface area contributed by atoms with Crippen LogP contribution in [0.2, 0.25) is 0 Å². The van der Waals surface area contributed by atoms with Gasteiger partial charge in [0.1, 0.15) is 18.1 Å². The number of nitrogen functional groups attached to an aromatic ring is 1. The van der Waals surface area contributed by atoms with Gasteiger partial charge in [-0.3, -0.25) is 9.78 Å². The number of aromatic nitrogens is 1. The SMILES string of the molecule is CCCOCc1ccc(C(=O)NC(C)COc2cccc3nc(C)cc(N)c23)cc1OC. The number of nitrogens with one attached hydrogen (secondary N) is 1. The highest BCUT2D eigenvalue weighted by atomic mass is 16.5. The van der Waals surface area contributed by atoms with Gasteiger partial charge in [0.2, 0.25) is 0 Å². The Hall–Kier alpha value is -3.32. The summed E-state index contributed by atoms with van der Waals surface area (Å²) in [5, 5.41) is 3.74.